The molecule has 3 aromatic carbocycles. The van der Waals surface area contributed by atoms with Crippen LogP contribution in [0.3, 0.4) is 0 Å². The predicted octanol–water partition coefficient (Wildman–Crippen LogP) is 5.83. The molecule has 3 heterocycles. The number of hydrogen-bond acceptors (Lipinski definition) is 7. The highest BCUT2D eigenvalue weighted by atomic mass is 32.2. The number of pyridine rings is 1. The van der Waals surface area contributed by atoms with Gasteiger partial charge in [-0.05, 0) is 54.8 Å². The van der Waals surface area contributed by atoms with Crippen molar-refractivity contribution in [3.8, 4) is 28.3 Å². The quantitative estimate of drug-likeness (QED) is 0.281. The molecule has 216 valence electrons. The van der Waals surface area contributed by atoms with Crippen molar-refractivity contribution in [1.82, 2.24) is 19.9 Å². The number of rotatable bonds is 3. The molecule has 0 radical (unpaired) electrons. The number of nitrogens with one attached hydrogen (secondary N) is 1. The number of aryl methyl sites for hydroxylation is 2. The van der Waals surface area contributed by atoms with Gasteiger partial charge in [-0.15, -0.1) is 0 Å². The summed E-state index contributed by atoms with van der Waals surface area (Å²) in [6.45, 7) is 4.05. The third-order valence-electron chi connectivity index (χ3n) is 7.33. The van der Waals surface area contributed by atoms with Gasteiger partial charge in [-0.1, -0.05) is 60.7 Å². The van der Waals surface area contributed by atoms with E-state index in [0.29, 0.717) is 11.4 Å². The number of fused-ring (bicyclic) bond motifs is 4. The van der Waals surface area contributed by atoms with E-state index < -0.39 is 16.1 Å². The number of likely N-dealkylation sites (N-methyl/N-ethyl adjacent to an activating group) is 1. The highest BCUT2D eigenvalue weighted by molar-refractivity contribution is 7.92. The molecule has 1 aliphatic rings. The number of aromatic nitrogens is 3. The second-order valence-electron chi connectivity index (χ2n) is 10.4. The van der Waals surface area contributed by atoms with E-state index in [1.165, 1.54) is 23.1 Å². The van der Waals surface area contributed by atoms with Crippen LogP contribution in [-0.2, 0) is 10.0 Å². The molecular formula is C33H29N5O4S. The lowest BCUT2D eigenvalue weighted by Gasteiger charge is -2.25. The number of hydrogen-bond donors (Lipinski definition) is 1. The Balaban J connectivity index is 1.49. The molecule has 9 nitrogen and oxygen atoms in total. The Morgan fingerprint density at radius 3 is 2.28 bits per heavy atom. The number of sulfonamides is 1. The largest absolute Gasteiger partial charge is 0.466 e. The van der Waals surface area contributed by atoms with Gasteiger partial charge in [0.25, 0.3) is 15.9 Å². The van der Waals surface area contributed by atoms with Crippen LogP contribution in [0.4, 0.5) is 5.95 Å². The number of carbonyl (C=O) groups excluding carboxylic acids is 1. The summed E-state index contributed by atoms with van der Waals surface area (Å²) >= 11 is 0. The minimum absolute atomic E-state index is 0.0794. The Morgan fingerprint density at radius 1 is 0.837 bits per heavy atom. The third-order valence-corrected chi connectivity index (χ3v) is 8.66. The van der Waals surface area contributed by atoms with Crippen LogP contribution in [0.2, 0.25) is 0 Å². The van der Waals surface area contributed by atoms with Crippen molar-refractivity contribution in [3.05, 3.63) is 120 Å². The molecule has 0 saturated carbocycles. The first-order valence-corrected chi connectivity index (χ1v) is 15.2. The van der Waals surface area contributed by atoms with Gasteiger partial charge in [-0.2, -0.15) is 4.98 Å². The fourth-order valence-electron chi connectivity index (χ4n) is 5.14. The van der Waals surface area contributed by atoms with Crippen molar-refractivity contribution in [2.75, 3.05) is 18.3 Å². The Bertz CT molecular complexity index is 1910. The van der Waals surface area contributed by atoms with Gasteiger partial charge in [0.05, 0.1) is 22.8 Å². The molecular weight excluding hydrogens is 562 g/mol. The molecule has 0 aliphatic carbocycles. The molecule has 1 aliphatic heterocycles. The minimum Gasteiger partial charge on any atom is -0.466 e. The molecule has 4 bridgehead atoms. The van der Waals surface area contributed by atoms with E-state index in [4.69, 9.17) is 9.72 Å². The molecule has 1 atom stereocenters. The van der Waals surface area contributed by atoms with Crippen molar-refractivity contribution < 1.29 is 17.9 Å². The summed E-state index contributed by atoms with van der Waals surface area (Å²) < 4.78 is 35.8. The Kier molecular flexibility index (Phi) is 7.37. The van der Waals surface area contributed by atoms with Gasteiger partial charge in [-0.25, -0.2) is 18.1 Å². The summed E-state index contributed by atoms with van der Waals surface area (Å²) in [6, 6.07) is 27.1. The van der Waals surface area contributed by atoms with Crippen LogP contribution in [0.15, 0.2) is 102 Å². The average Bonchev–Trinajstić information content (AvgIpc) is 3.00. The number of ether oxygens (including phenoxy) is 1. The SMILES string of the molecule is Cc1cccc(C)c1-c1cc2nc(n1)NS(=O)(=O)c1cccc(c1)C(=O)N(C)CC(c1ccc(-c3ccccc3)cn1)O2. The number of nitrogens with zero attached hydrogens (tertiary/aromatic N) is 4. The number of anilines is 1. The van der Waals surface area contributed by atoms with Crippen LogP contribution in [0.25, 0.3) is 22.4 Å². The molecule has 0 saturated heterocycles. The maximum Gasteiger partial charge on any atom is 0.264 e. The Labute approximate surface area is 250 Å². The van der Waals surface area contributed by atoms with Crippen molar-refractivity contribution in [3.63, 3.8) is 0 Å². The normalized spacial score (nSPS) is 16.2. The van der Waals surface area contributed by atoms with Crippen LogP contribution < -0.4 is 9.46 Å². The van der Waals surface area contributed by atoms with Gasteiger partial charge < -0.3 is 9.64 Å². The summed E-state index contributed by atoms with van der Waals surface area (Å²) in [5.74, 6) is -0.374. The van der Waals surface area contributed by atoms with E-state index in [1.54, 1.807) is 25.4 Å². The average molecular weight is 592 g/mol. The molecule has 43 heavy (non-hydrogen) atoms. The summed E-state index contributed by atoms with van der Waals surface area (Å²) in [5, 5.41) is 0. The molecule has 10 heteroatoms. The lowest BCUT2D eigenvalue weighted by atomic mass is 10.00. The summed E-state index contributed by atoms with van der Waals surface area (Å²) in [6.07, 6.45) is 1.04. The van der Waals surface area contributed by atoms with Gasteiger partial charge in [0.15, 0.2) is 6.10 Å². The first-order valence-electron chi connectivity index (χ1n) is 13.7. The number of benzene rings is 3. The van der Waals surface area contributed by atoms with Crippen LogP contribution in [-0.4, -0.2) is 47.8 Å². The van der Waals surface area contributed by atoms with Gasteiger partial charge >= 0.3 is 0 Å². The zero-order valence-electron chi connectivity index (χ0n) is 23.9. The smallest absolute Gasteiger partial charge is 0.264 e. The van der Waals surface area contributed by atoms with E-state index in [-0.39, 0.29) is 34.7 Å². The maximum atomic E-state index is 13.4. The highest BCUT2D eigenvalue weighted by Gasteiger charge is 2.26. The monoisotopic (exact) mass is 591 g/mol. The van der Waals surface area contributed by atoms with Crippen molar-refractivity contribution in [2.45, 2.75) is 24.8 Å². The molecule has 5 aromatic rings. The molecule has 0 spiro atoms. The van der Waals surface area contributed by atoms with E-state index >= 15 is 0 Å². The summed E-state index contributed by atoms with van der Waals surface area (Å²) in [4.78, 5) is 28.6. The second kappa shape index (κ2) is 11.3. The van der Waals surface area contributed by atoms with Crippen LogP contribution in [0.5, 0.6) is 5.88 Å². The van der Waals surface area contributed by atoms with Crippen molar-refractivity contribution >= 4 is 21.9 Å². The topological polar surface area (TPSA) is 114 Å². The van der Waals surface area contributed by atoms with Gasteiger partial charge in [0.1, 0.15) is 0 Å². The standard InChI is InChI=1S/C33H29N5O4S/c1-21-9-7-10-22(2)31(21)28-18-30-36-33(35-28)37-43(40,41)26-14-8-13-24(17-26)32(39)38(3)20-29(42-30)27-16-15-25(19-34-27)23-11-5-4-6-12-23/h4-19,29H,20H2,1-3H3,(H,35,36,37). The first-order chi connectivity index (χ1) is 20.7. The number of carbonyl (C=O) groups is 1. The van der Waals surface area contributed by atoms with Gasteiger partial charge in [-0.3, -0.25) is 9.78 Å². The molecule has 1 N–H and O–H groups in total. The van der Waals surface area contributed by atoms with Crippen LogP contribution in [0, 0.1) is 13.8 Å². The highest BCUT2D eigenvalue weighted by Crippen LogP contribution is 2.32. The van der Waals surface area contributed by atoms with Gasteiger partial charge in [0.2, 0.25) is 11.8 Å². The van der Waals surface area contributed by atoms with Gasteiger partial charge in [0, 0.05) is 36.0 Å². The predicted molar refractivity (Wildman–Crippen MR) is 164 cm³/mol. The Morgan fingerprint density at radius 2 is 1.56 bits per heavy atom. The Hall–Kier alpha value is -5.09. The molecule has 2 aromatic heterocycles. The van der Waals surface area contributed by atoms with Crippen LogP contribution in [0.1, 0.15) is 33.3 Å². The van der Waals surface area contributed by atoms with E-state index in [0.717, 1.165) is 27.8 Å². The summed E-state index contributed by atoms with van der Waals surface area (Å²) in [7, 11) is -2.49. The van der Waals surface area contributed by atoms with E-state index in [2.05, 4.69) is 14.7 Å². The molecule has 6 rings (SSSR count). The zero-order valence-corrected chi connectivity index (χ0v) is 24.7. The molecule has 1 amide bonds. The van der Waals surface area contributed by atoms with Crippen molar-refractivity contribution in [2.24, 2.45) is 0 Å². The summed E-state index contributed by atoms with van der Waals surface area (Å²) in [5.41, 5.74) is 6.03. The van der Waals surface area contributed by atoms with E-state index in [9.17, 15) is 13.2 Å². The fourth-order valence-corrected chi connectivity index (χ4v) is 6.13. The first kappa shape index (κ1) is 28.0. The zero-order chi connectivity index (χ0) is 30.1. The second-order valence-corrected chi connectivity index (χ2v) is 12.1. The maximum absolute atomic E-state index is 13.4. The van der Waals surface area contributed by atoms with Crippen LogP contribution >= 0.6 is 0 Å². The molecule has 1 unspecified atom stereocenters. The van der Waals surface area contributed by atoms with E-state index in [1.807, 2.05) is 74.5 Å². The molecule has 0 fully saturated rings. The minimum atomic E-state index is -4.13. The third kappa shape index (κ3) is 5.82. The fraction of sp³-hybridized carbons (Fsp3) is 0.152. The van der Waals surface area contributed by atoms with Crippen molar-refractivity contribution in [1.29, 1.82) is 0 Å². The lowest BCUT2D eigenvalue weighted by Crippen LogP contribution is -2.33. The number of amides is 1. The lowest BCUT2D eigenvalue weighted by molar-refractivity contribution is 0.0702.